The summed E-state index contributed by atoms with van der Waals surface area (Å²) in [5.74, 6) is -0.00509. The summed E-state index contributed by atoms with van der Waals surface area (Å²) < 4.78 is 0. The Hall–Kier alpha value is -2.20. The first-order valence-corrected chi connectivity index (χ1v) is 9.02. The van der Waals surface area contributed by atoms with E-state index in [-0.39, 0.29) is 17.0 Å². The highest BCUT2D eigenvalue weighted by Crippen LogP contribution is 2.23. The number of nitrogens with one attached hydrogen (secondary N) is 1. The van der Waals surface area contributed by atoms with Gasteiger partial charge in [0.1, 0.15) is 0 Å². The van der Waals surface area contributed by atoms with Crippen molar-refractivity contribution in [3.63, 3.8) is 0 Å². The number of aryl methyl sites for hydroxylation is 1. The van der Waals surface area contributed by atoms with Crippen LogP contribution in [0.2, 0.25) is 0 Å². The van der Waals surface area contributed by atoms with Crippen molar-refractivity contribution in [2.45, 2.75) is 53.5 Å². The molecule has 0 fully saturated rings. The summed E-state index contributed by atoms with van der Waals surface area (Å²) in [5.41, 5.74) is 5.31. The highest BCUT2D eigenvalue weighted by Gasteiger charge is 2.20. The molecule has 2 aromatic rings. The minimum Gasteiger partial charge on any atom is -0.355 e. The maximum Gasteiger partial charge on any atom is 0.193 e. The molecule has 0 amide bonds. The predicted molar refractivity (Wildman–Crippen MR) is 106 cm³/mol. The molecule has 0 aliphatic carbocycles. The lowest BCUT2D eigenvalue weighted by molar-refractivity contribution is 0.0937. The van der Waals surface area contributed by atoms with Crippen molar-refractivity contribution >= 4 is 11.6 Å². The number of nitrogens with zero attached hydrogens (tertiary/aromatic N) is 1. The SMILES string of the molecule is CC(=O)c1c(C)[nH]c(C(=O)CN(C)Cc2ccc(C(C)(C)C)cc2)c1C. The number of rotatable bonds is 6. The summed E-state index contributed by atoms with van der Waals surface area (Å²) in [6.07, 6.45) is 0. The molecule has 26 heavy (non-hydrogen) atoms. The number of H-pyrrole nitrogens is 1. The van der Waals surface area contributed by atoms with Gasteiger partial charge < -0.3 is 4.98 Å². The number of hydrogen-bond donors (Lipinski definition) is 1. The van der Waals surface area contributed by atoms with Crippen molar-refractivity contribution in [3.8, 4) is 0 Å². The first kappa shape index (κ1) is 20.1. The van der Waals surface area contributed by atoms with Gasteiger partial charge in [0.05, 0.1) is 12.2 Å². The van der Waals surface area contributed by atoms with E-state index in [0.29, 0.717) is 24.3 Å². The van der Waals surface area contributed by atoms with Crippen LogP contribution in [0.5, 0.6) is 0 Å². The van der Waals surface area contributed by atoms with Gasteiger partial charge >= 0.3 is 0 Å². The second kappa shape index (κ2) is 7.58. The van der Waals surface area contributed by atoms with E-state index in [1.54, 1.807) is 0 Å². The van der Waals surface area contributed by atoms with Crippen molar-refractivity contribution in [3.05, 3.63) is 57.9 Å². The lowest BCUT2D eigenvalue weighted by Gasteiger charge is -2.20. The molecule has 4 nitrogen and oxygen atoms in total. The Kier molecular flexibility index (Phi) is 5.87. The van der Waals surface area contributed by atoms with Crippen LogP contribution in [-0.2, 0) is 12.0 Å². The summed E-state index contributed by atoms with van der Waals surface area (Å²) in [7, 11) is 1.94. The van der Waals surface area contributed by atoms with Crippen molar-refractivity contribution in [2.75, 3.05) is 13.6 Å². The number of hydrogen-bond acceptors (Lipinski definition) is 3. The van der Waals surface area contributed by atoms with Gasteiger partial charge in [-0.05, 0) is 49.9 Å². The Morgan fingerprint density at radius 3 is 2.12 bits per heavy atom. The van der Waals surface area contributed by atoms with Crippen LogP contribution in [0.1, 0.15) is 70.9 Å². The third-order valence-corrected chi connectivity index (χ3v) is 4.75. The summed E-state index contributed by atoms with van der Waals surface area (Å²) in [6.45, 7) is 12.8. The van der Waals surface area contributed by atoms with Gasteiger partial charge in [0.25, 0.3) is 0 Å². The molecule has 0 bridgehead atoms. The Morgan fingerprint density at radius 2 is 1.65 bits per heavy atom. The van der Waals surface area contributed by atoms with E-state index in [4.69, 9.17) is 0 Å². The number of ketones is 2. The summed E-state index contributed by atoms with van der Waals surface area (Å²) in [5, 5.41) is 0. The van der Waals surface area contributed by atoms with E-state index in [1.807, 2.05) is 25.8 Å². The minimum atomic E-state index is -0.0115. The number of carbonyl (C=O) groups excluding carboxylic acids is 2. The van der Waals surface area contributed by atoms with Gasteiger partial charge in [-0.2, -0.15) is 0 Å². The highest BCUT2D eigenvalue weighted by atomic mass is 16.1. The molecule has 4 heteroatoms. The van der Waals surface area contributed by atoms with Crippen molar-refractivity contribution in [1.82, 2.24) is 9.88 Å². The zero-order valence-electron chi connectivity index (χ0n) is 17.0. The quantitative estimate of drug-likeness (QED) is 0.780. The van der Waals surface area contributed by atoms with Gasteiger partial charge in [-0.25, -0.2) is 0 Å². The monoisotopic (exact) mass is 354 g/mol. The second-order valence-electron chi connectivity index (χ2n) is 8.22. The molecule has 1 aromatic heterocycles. The molecule has 1 heterocycles. The fourth-order valence-corrected chi connectivity index (χ4v) is 3.36. The first-order chi connectivity index (χ1) is 12.0. The van der Waals surface area contributed by atoms with Gasteiger partial charge in [0.15, 0.2) is 11.6 Å². The Bertz CT molecular complexity index is 808. The van der Waals surface area contributed by atoms with Crippen LogP contribution in [0.15, 0.2) is 24.3 Å². The summed E-state index contributed by atoms with van der Waals surface area (Å²) >= 11 is 0. The van der Waals surface area contributed by atoms with Crippen LogP contribution < -0.4 is 0 Å². The maximum atomic E-state index is 12.7. The molecular formula is C22H30N2O2. The molecule has 2 rings (SSSR count). The lowest BCUT2D eigenvalue weighted by atomic mass is 9.87. The van der Waals surface area contributed by atoms with Crippen LogP contribution >= 0.6 is 0 Å². The average molecular weight is 354 g/mol. The van der Waals surface area contributed by atoms with E-state index in [2.05, 4.69) is 50.0 Å². The Morgan fingerprint density at radius 1 is 1.08 bits per heavy atom. The molecule has 0 aliphatic rings. The third-order valence-electron chi connectivity index (χ3n) is 4.75. The standard InChI is InChI=1S/C22H30N2O2/c1-14-20(16(3)25)15(2)23-21(14)19(26)13-24(7)12-17-8-10-18(11-9-17)22(4,5)6/h8-11,23H,12-13H2,1-7H3. The normalized spacial score (nSPS) is 11.8. The second-order valence-corrected chi connectivity index (χ2v) is 8.22. The minimum absolute atomic E-state index is 0.00640. The van der Waals surface area contributed by atoms with Gasteiger partial charge in [-0.3, -0.25) is 14.5 Å². The molecule has 0 radical (unpaired) electrons. The Balaban J connectivity index is 2.06. The summed E-state index contributed by atoms with van der Waals surface area (Å²) in [6, 6.07) is 8.56. The van der Waals surface area contributed by atoms with Crippen LogP contribution in [0.4, 0.5) is 0 Å². The molecule has 0 unspecified atom stereocenters. The largest absolute Gasteiger partial charge is 0.355 e. The maximum absolute atomic E-state index is 12.7. The van der Waals surface area contributed by atoms with Gasteiger partial charge in [-0.1, -0.05) is 45.0 Å². The van der Waals surface area contributed by atoms with E-state index < -0.39 is 0 Å². The number of benzene rings is 1. The van der Waals surface area contributed by atoms with Crippen LogP contribution in [0.3, 0.4) is 0 Å². The fourth-order valence-electron chi connectivity index (χ4n) is 3.36. The van der Waals surface area contributed by atoms with Gasteiger partial charge in [0, 0.05) is 17.8 Å². The van der Waals surface area contributed by atoms with E-state index >= 15 is 0 Å². The molecular weight excluding hydrogens is 324 g/mol. The van der Waals surface area contributed by atoms with Crippen LogP contribution in [-0.4, -0.2) is 35.0 Å². The van der Waals surface area contributed by atoms with Crippen LogP contribution in [0.25, 0.3) is 0 Å². The fraction of sp³-hybridized carbons (Fsp3) is 0.455. The van der Waals surface area contributed by atoms with Gasteiger partial charge in [0.2, 0.25) is 0 Å². The van der Waals surface area contributed by atoms with Crippen LogP contribution in [0, 0.1) is 13.8 Å². The molecule has 0 saturated carbocycles. The van der Waals surface area contributed by atoms with E-state index in [9.17, 15) is 9.59 Å². The van der Waals surface area contributed by atoms with Crippen molar-refractivity contribution in [1.29, 1.82) is 0 Å². The zero-order chi connectivity index (χ0) is 19.6. The number of aromatic nitrogens is 1. The molecule has 140 valence electrons. The Labute approximate surface area is 156 Å². The number of aromatic amines is 1. The molecule has 1 N–H and O–H groups in total. The molecule has 0 aliphatic heterocycles. The number of Topliss-reactive ketones (excluding diaryl/α,β-unsaturated/α-hetero) is 2. The van der Waals surface area contributed by atoms with E-state index in [0.717, 1.165) is 11.3 Å². The predicted octanol–water partition coefficient (Wildman–Crippen LogP) is 4.45. The van der Waals surface area contributed by atoms with Gasteiger partial charge in [-0.15, -0.1) is 0 Å². The first-order valence-electron chi connectivity index (χ1n) is 9.02. The molecule has 1 aromatic carbocycles. The lowest BCUT2D eigenvalue weighted by Crippen LogP contribution is -2.26. The third kappa shape index (κ3) is 4.50. The smallest absolute Gasteiger partial charge is 0.193 e. The number of carbonyl (C=O) groups is 2. The molecule has 0 saturated heterocycles. The zero-order valence-corrected chi connectivity index (χ0v) is 17.0. The topological polar surface area (TPSA) is 53.2 Å². The molecule has 0 spiro atoms. The summed E-state index contributed by atoms with van der Waals surface area (Å²) in [4.78, 5) is 29.5. The highest BCUT2D eigenvalue weighted by molar-refractivity contribution is 6.03. The van der Waals surface area contributed by atoms with E-state index in [1.165, 1.54) is 18.1 Å². The number of likely N-dealkylation sites (N-methyl/N-ethyl adjacent to an activating group) is 1. The van der Waals surface area contributed by atoms with Crippen molar-refractivity contribution < 1.29 is 9.59 Å². The average Bonchev–Trinajstić information content (AvgIpc) is 2.81. The molecule has 0 atom stereocenters. The van der Waals surface area contributed by atoms with Crippen molar-refractivity contribution in [2.24, 2.45) is 0 Å².